The highest BCUT2D eigenvalue weighted by Crippen LogP contribution is 2.24. The van der Waals surface area contributed by atoms with Crippen LogP contribution in [0.5, 0.6) is 0 Å². The first-order valence-electron chi connectivity index (χ1n) is 7.75. The normalized spacial score (nSPS) is 27.0. The van der Waals surface area contributed by atoms with Crippen molar-refractivity contribution in [2.75, 3.05) is 46.5 Å². The van der Waals surface area contributed by atoms with E-state index in [1.54, 1.807) is 21.0 Å². The van der Waals surface area contributed by atoms with Crippen LogP contribution in [-0.4, -0.2) is 85.1 Å². The van der Waals surface area contributed by atoms with Gasteiger partial charge in [0, 0.05) is 39.9 Å². The molecule has 122 valence electrons. The van der Waals surface area contributed by atoms with Crippen LogP contribution in [0.2, 0.25) is 0 Å². The largest absolute Gasteiger partial charge is 0.390 e. The van der Waals surface area contributed by atoms with Crippen molar-refractivity contribution in [3.63, 3.8) is 0 Å². The van der Waals surface area contributed by atoms with Crippen molar-refractivity contribution in [3.05, 3.63) is 0 Å². The molecule has 2 atom stereocenters. The molecule has 0 aromatic rings. The Kier molecular flexibility index (Phi) is 5.60. The van der Waals surface area contributed by atoms with E-state index in [1.807, 2.05) is 4.90 Å². The van der Waals surface area contributed by atoms with Crippen LogP contribution in [-0.2, 0) is 14.3 Å². The summed E-state index contributed by atoms with van der Waals surface area (Å²) in [5.74, 6) is 0.0114. The third kappa shape index (κ3) is 4.64. The van der Waals surface area contributed by atoms with Gasteiger partial charge in [-0.25, -0.2) is 0 Å². The number of hydrogen-bond donors (Lipinski definition) is 1. The molecule has 2 heterocycles. The molecule has 0 spiro atoms. The SMILES string of the molecule is COCCCN1CCO[C@H]2CN(C(=O)CC(C)(C)O)C[C@@H]21. The summed E-state index contributed by atoms with van der Waals surface area (Å²) in [5, 5.41) is 9.80. The van der Waals surface area contributed by atoms with Crippen LogP contribution in [0.15, 0.2) is 0 Å². The zero-order valence-electron chi connectivity index (χ0n) is 13.4. The predicted molar refractivity (Wildman–Crippen MR) is 79.1 cm³/mol. The highest BCUT2D eigenvalue weighted by Gasteiger charge is 2.41. The summed E-state index contributed by atoms with van der Waals surface area (Å²) in [6.45, 7) is 8.05. The molecule has 2 fully saturated rings. The summed E-state index contributed by atoms with van der Waals surface area (Å²) in [6, 6.07) is 0.279. The average molecular weight is 300 g/mol. The van der Waals surface area contributed by atoms with Crippen LogP contribution >= 0.6 is 0 Å². The Morgan fingerprint density at radius 1 is 1.43 bits per heavy atom. The Hall–Kier alpha value is -0.690. The summed E-state index contributed by atoms with van der Waals surface area (Å²) in [4.78, 5) is 16.5. The molecule has 0 aromatic heterocycles. The van der Waals surface area contributed by atoms with Crippen LogP contribution in [0.4, 0.5) is 0 Å². The van der Waals surface area contributed by atoms with Crippen molar-refractivity contribution in [3.8, 4) is 0 Å². The lowest BCUT2D eigenvalue weighted by Crippen LogP contribution is -2.51. The minimum Gasteiger partial charge on any atom is -0.390 e. The fraction of sp³-hybridized carbons (Fsp3) is 0.933. The summed E-state index contributed by atoms with van der Waals surface area (Å²) in [6.07, 6.45) is 1.26. The number of ether oxygens (including phenoxy) is 2. The second kappa shape index (κ2) is 7.05. The number of fused-ring (bicyclic) bond motifs is 1. The molecule has 1 amide bonds. The van der Waals surface area contributed by atoms with Gasteiger partial charge < -0.3 is 19.5 Å². The van der Waals surface area contributed by atoms with Gasteiger partial charge in [0.2, 0.25) is 5.91 Å². The fourth-order valence-corrected chi connectivity index (χ4v) is 3.13. The van der Waals surface area contributed by atoms with Gasteiger partial charge in [0.1, 0.15) is 0 Å². The molecule has 2 aliphatic heterocycles. The van der Waals surface area contributed by atoms with Gasteiger partial charge >= 0.3 is 0 Å². The van der Waals surface area contributed by atoms with Crippen LogP contribution in [0.25, 0.3) is 0 Å². The van der Waals surface area contributed by atoms with E-state index in [0.29, 0.717) is 13.1 Å². The Morgan fingerprint density at radius 3 is 2.86 bits per heavy atom. The summed E-state index contributed by atoms with van der Waals surface area (Å²) in [5.41, 5.74) is -0.955. The zero-order valence-corrected chi connectivity index (χ0v) is 13.4. The molecular formula is C15H28N2O4. The minimum absolute atomic E-state index is 0.0114. The Morgan fingerprint density at radius 2 is 2.19 bits per heavy atom. The average Bonchev–Trinajstić information content (AvgIpc) is 2.82. The Labute approximate surface area is 127 Å². The number of carbonyl (C=O) groups excluding carboxylic acids is 1. The molecule has 0 radical (unpaired) electrons. The van der Waals surface area contributed by atoms with Crippen molar-refractivity contribution < 1.29 is 19.4 Å². The number of aliphatic hydroxyl groups is 1. The lowest BCUT2D eigenvalue weighted by atomic mass is 10.1. The Bertz CT molecular complexity index is 356. The molecule has 0 aliphatic carbocycles. The third-order valence-electron chi connectivity index (χ3n) is 4.15. The highest BCUT2D eigenvalue weighted by atomic mass is 16.5. The standard InChI is InChI=1S/C15H28N2O4/c1-15(2,19)9-14(18)17-10-12-13(11-17)21-8-6-16(12)5-4-7-20-3/h12-13,19H,4-11H2,1-3H3/t12-,13-/m0/s1. The fourth-order valence-electron chi connectivity index (χ4n) is 3.13. The molecule has 0 unspecified atom stereocenters. The minimum atomic E-state index is -0.955. The monoisotopic (exact) mass is 300 g/mol. The summed E-state index contributed by atoms with van der Waals surface area (Å²) in [7, 11) is 1.72. The van der Waals surface area contributed by atoms with E-state index < -0.39 is 5.60 Å². The molecule has 0 aromatic carbocycles. The van der Waals surface area contributed by atoms with Gasteiger partial charge in [-0.3, -0.25) is 9.69 Å². The van der Waals surface area contributed by atoms with Crippen molar-refractivity contribution in [2.24, 2.45) is 0 Å². The number of carbonyl (C=O) groups is 1. The molecular weight excluding hydrogens is 272 g/mol. The number of hydrogen-bond acceptors (Lipinski definition) is 5. The number of nitrogens with zero attached hydrogens (tertiary/aromatic N) is 2. The molecule has 0 bridgehead atoms. The maximum Gasteiger partial charge on any atom is 0.225 e. The van der Waals surface area contributed by atoms with Crippen molar-refractivity contribution in [1.82, 2.24) is 9.80 Å². The van der Waals surface area contributed by atoms with Gasteiger partial charge in [-0.1, -0.05) is 0 Å². The van der Waals surface area contributed by atoms with Crippen LogP contribution in [0.1, 0.15) is 26.7 Å². The maximum absolute atomic E-state index is 12.2. The lowest BCUT2D eigenvalue weighted by Gasteiger charge is -2.36. The second-order valence-corrected chi connectivity index (χ2v) is 6.65. The van der Waals surface area contributed by atoms with Crippen molar-refractivity contribution in [2.45, 2.75) is 44.4 Å². The van der Waals surface area contributed by atoms with Crippen LogP contribution < -0.4 is 0 Å². The van der Waals surface area contributed by atoms with E-state index in [1.165, 1.54) is 0 Å². The lowest BCUT2D eigenvalue weighted by molar-refractivity contribution is -0.134. The summed E-state index contributed by atoms with van der Waals surface area (Å²) >= 11 is 0. The highest BCUT2D eigenvalue weighted by molar-refractivity contribution is 5.77. The molecule has 0 saturated carbocycles. The summed E-state index contributed by atoms with van der Waals surface area (Å²) < 4.78 is 10.9. The van der Waals surface area contributed by atoms with Crippen LogP contribution in [0, 0.1) is 0 Å². The molecule has 21 heavy (non-hydrogen) atoms. The predicted octanol–water partition coefficient (Wildman–Crippen LogP) is 0.0955. The molecule has 6 heteroatoms. The van der Waals surface area contributed by atoms with Gasteiger partial charge in [0.15, 0.2) is 0 Å². The number of rotatable bonds is 6. The maximum atomic E-state index is 12.2. The smallest absolute Gasteiger partial charge is 0.225 e. The Balaban J connectivity index is 1.89. The molecule has 2 rings (SSSR count). The number of morpholine rings is 1. The van der Waals surface area contributed by atoms with Gasteiger partial charge in [-0.05, 0) is 20.3 Å². The van der Waals surface area contributed by atoms with E-state index in [2.05, 4.69) is 4.90 Å². The second-order valence-electron chi connectivity index (χ2n) is 6.65. The number of methoxy groups -OCH3 is 1. The van der Waals surface area contributed by atoms with Gasteiger partial charge in [0.05, 0.1) is 30.8 Å². The van der Waals surface area contributed by atoms with E-state index >= 15 is 0 Å². The third-order valence-corrected chi connectivity index (χ3v) is 4.15. The van der Waals surface area contributed by atoms with E-state index in [0.717, 1.165) is 32.7 Å². The first-order chi connectivity index (χ1) is 9.90. The molecule has 2 saturated heterocycles. The first kappa shape index (κ1) is 16.7. The first-order valence-corrected chi connectivity index (χ1v) is 7.75. The van der Waals surface area contributed by atoms with Crippen molar-refractivity contribution in [1.29, 1.82) is 0 Å². The van der Waals surface area contributed by atoms with Gasteiger partial charge in [-0.15, -0.1) is 0 Å². The van der Waals surface area contributed by atoms with Crippen molar-refractivity contribution >= 4 is 5.91 Å². The molecule has 2 aliphatic rings. The van der Waals surface area contributed by atoms with E-state index in [-0.39, 0.29) is 24.5 Å². The molecule has 1 N–H and O–H groups in total. The zero-order chi connectivity index (χ0) is 15.5. The van der Waals surface area contributed by atoms with Gasteiger partial charge in [-0.2, -0.15) is 0 Å². The van der Waals surface area contributed by atoms with E-state index in [4.69, 9.17) is 9.47 Å². The number of amides is 1. The topological polar surface area (TPSA) is 62.2 Å². The van der Waals surface area contributed by atoms with E-state index in [9.17, 15) is 9.90 Å². The number of likely N-dealkylation sites (tertiary alicyclic amines) is 1. The van der Waals surface area contributed by atoms with Crippen LogP contribution in [0.3, 0.4) is 0 Å². The quantitative estimate of drug-likeness (QED) is 0.705. The molecule has 6 nitrogen and oxygen atoms in total. The van der Waals surface area contributed by atoms with Gasteiger partial charge in [0.25, 0.3) is 0 Å².